The average molecular weight is 228 g/mol. The van der Waals surface area contributed by atoms with Crippen molar-refractivity contribution in [3.05, 3.63) is 28.3 Å². The standard InChI is InChI=1S/C11H14ClNO2/c1-7-9(12)5-8(11(14)15-4)6-10(7)13(2)3/h5-6H,1-4H3. The molecule has 82 valence electrons. The number of halogens is 1. The largest absolute Gasteiger partial charge is 0.465 e. The molecule has 0 heterocycles. The van der Waals surface area contributed by atoms with Gasteiger partial charge < -0.3 is 9.64 Å². The molecule has 0 bridgehead atoms. The summed E-state index contributed by atoms with van der Waals surface area (Å²) in [6.45, 7) is 1.92. The summed E-state index contributed by atoms with van der Waals surface area (Å²) in [4.78, 5) is 13.3. The molecule has 0 N–H and O–H groups in total. The number of ether oxygens (including phenoxy) is 1. The summed E-state index contributed by atoms with van der Waals surface area (Å²) in [7, 11) is 5.16. The minimum Gasteiger partial charge on any atom is -0.465 e. The van der Waals surface area contributed by atoms with Crippen molar-refractivity contribution in [2.45, 2.75) is 6.92 Å². The molecule has 1 aromatic rings. The van der Waals surface area contributed by atoms with Gasteiger partial charge in [-0.2, -0.15) is 0 Å². The van der Waals surface area contributed by atoms with E-state index in [4.69, 9.17) is 11.6 Å². The number of nitrogens with zero attached hydrogens (tertiary/aromatic N) is 1. The van der Waals surface area contributed by atoms with E-state index in [1.165, 1.54) is 7.11 Å². The minimum atomic E-state index is -0.375. The van der Waals surface area contributed by atoms with E-state index in [0.717, 1.165) is 11.3 Å². The lowest BCUT2D eigenvalue weighted by molar-refractivity contribution is 0.0601. The fourth-order valence-corrected chi connectivity index (χ4v) is 1.58. The fraction of sp³-hybridized carbons (Fsp3) is 0.364. The third-order valence-corrected chi connectivity index (χ3v) is 2.61. The van der Waals surface area contributed by atoms with Crippen molar-refractivity contribution < 1.29 is 9.53 Å². The van der Waals surface area contributed by atoms with Crippen LogP contribution in [0.3, 0.4) is 0 Å². The van der Waals surface area contributed by atoms with E-state index in [2.05, 4.69) is 4.74 Å². The van der Waals surface area contributed by atoms with Crippen molar-refractivity contribution in [2.24, 2.45) is 0 Å². The maximum Gasteiger partial charge on any atom is 0.337 e. The van der Waals surface area contributed by atoms with Crippen LogP contribution in [0.25, 0.3) is 0 Å². The highest BCUT2D eigenvalue weighted by atomic mass is 35.5. The second kappa shape index (κ2) is 4.53. The first-order valence-corrected chi connectivity index (χ1v) is 4.91. The molecule has 1 rings (SSSR count). The molecular formula is C11H14ClNO2. The van der Waals surface area contributed by atoms with E-state index in [9.17, 15) is 4.79 Å². The molecule has 1 aromatic carbocycles. The van der Waals surface area contributed by atoms with Gasteiger partial charge in [0.25, 0.3) is 0 Å². The molecule has 0 amide bonds. The van der Waals surface area contributed by atoms with Crippen molar-refractivity contribution >= 4 is 23.3 Å². The third kappa shape index (κ3) is 2.42. The van der Waals surface area contributed by atoms with E-state index in [-0.39, 0.29) is 5.97 Å². The Morgan fingerprint density at radius 3 is 2.47 bits per heavy atom. The average Bonchev–Trinajstić information content (AvgIpc) is 2.20. The molecule has 0 saturated heterocycles. The number of carbonyl (C=O) groups is 1. The van der Waals surface area contributed by atoms with Gasteiger partial charge in [-0.1, -0.05) is 11.6 Å². The van der Waals surface area contributed by atoms with Gasteiger partial charge in [-0.3, -0.25) is 0 Å². The SMILES string of the molecule is COC(=O)c1cc(Cl)c(C)c(N(C)C)c1. The predicted octanol–water partition coefficient (Wildman–Crippen LogP) is 2.50. The lowest BCUT2D eigenvalue weighted by atomic mass is 10.1. The number of methoxy groups -OCH3 is 1. The zero-order valence-corrected chi connectivity index (χ0v) is 10.1. The number of benzene rings is 1. The molecule has 0 aromatic heterocycles. The Labute approximate surface area is 94.6 Å². The lowest BCUT2D eigenvalue weighted by Gasteiger charge is -2.17. The highest BCUT2D eigenvalue weighted by Gasteiger charge is 2.12. The Morgan fingerprint density at radius 2 is 2.00 bits per heavy atom. The van der Waals surface area contributed by atoms with E-state index >= 15 is 0 Å². The van der Waals surface area contributed by atoms with Crippen LogP contribution in [0.5, 0.6) is 0 Å². The minimum absolute atomic E-state index is 0.375. The summed E-state index contributed by atoms with van der Waals surface area (Å²) >= 11 is 6.03. The van der Waals surface area contributed by atoms with E-state index in [1.807, 2.05) is 25.9 Å². The Bertz CT molecular complexity index is 388. The molecule has 4 heteroatoms. The molecule has 3 nitrogen and oxygen atoms in total. The fourth-order valence-electron chi connectivity index (χ4n) is 1.36. The van der Waals surface area contributed by atoms with E-state index < -0.39 is 0 Å². The van der Waals surface area contributed by atoms with Crippen molar-refractivity contribution in [2.75, 3.05) is 26.1 Å². The Morgan fingerprint density at radius 1 is 1.40 bits per heavy atom. The normalized spacial score (nSPS) is 9.93. The van der Waals surface area contributed by atoms with Gasteiger partial charge in [0.05, 0.1) is 12.7 Å². The molecule has 0 saturated carbocycles. The lowest BCUT2D eigenvalue weighted by Crippen LogP contribution is -2.12. The zero-order chi connectivity index (χ0) is 11.6. The first kappa shape index (κ1) is 11.9. The summed E-state index contributed by atoms with van der Waals surface area (Å²) < 4.78 is 4.65. The summed E-state index contributed by atoms with van der Waals surface area (Å²) in [6.07, 6.45) is 0. The molecular weight excluding hydrogens is 214 g/mol. The van der Waals surface area contributed by atoms with Gasteiger partial charge in [0.2, 0.25) is 0 Å². The Kier molecular flexibility index (Phi) is 3.58. The van der Waals surface area contributed by atoms with Crippen molar-refractivity contribution in [3.8, 4) is 0 Å². The number of carbonyl (C=O) groups excluding carboxylic acids is 1. The summed E-state index contributed by atoms with van der Waals surface area (Å²) in [5.41, 5.74) is 2.34. The van der Waals surface area contributed by atoms with E-state index in [1.54, 1.807) is 12.1 Å². The zero-order valence-electron chi connectivity index (χ0n) is 9.30. The second-order valence-electron chi connectivity index (χ2n) is 3.49. The smallest absolute Gasteiger partial charge is 0.337 e. The van der Waals surface area contributed by atoms with Crippen LogP contribution in [-0.4, -0.2) is 27.2 Å². The van der Waals surface area contributed by atoms with Crippen LogP contribution in [0.1, 0.15) is 15.9 Å². The van der Waals surface area contributed by atoms with Crippen LogP contribution in [0, 0.1) is 6.92 Å². The van der Waals surface area contributed by atoms with Gasteiger partial charge in [-0.25, -0.2) is 4.79 Å². The number of hydrogen-bond acceptors (Lipinski definition) is 3. The quantitative estimate of drug-likeness (QED) is 0.727. The van der Waals surface area contributed by atoms with Crippen LogP contribution in [-0.2, 0) is 4.74 Å². The molecule has 0 fully saturated rings. The summed E-state index contributed by atoms with van der Waals surface area (Å²) in [6, 6.07) is 3.39. The maximum absolute atomic E-state index is 11.4. The van der Waals surface area contributed by atoms with Crippen molar-refractivity contribution in [1.82, 2.24) is 0 Å². The van der Waals surface area contributed by atoms with Crippen LogP contribution in [0.4, 0.5) is 5.69 Å². The molecule has 0 radical (unpaired) electrons. The number of hydrogen-bond donors (Lipinski definition) is 0. The molecule has 0 spiro atoms. The maximum atomic E-state index is 11.4. The number of rotatable bonds is 2. The third-order valence-electron chi connectivity index (χ3n) is 2.22. The monoisotopic (exact) mass is 227 g/mol. The molecule has 0 atom stereocenters. The molecule has 0 aliphatic rings. The predicted molar refractivity (Wildman–Crippen MR) is 61.9 cm³/mol. The van der Waals surface area contributed by atoms with Gasteiger partial charge in [0, 0.05) is 24.8 Å². The van der Waals surface area contributed by atoms with Gasteiger partial charge in [0.1, 0.15) is 0 Å². The van der Waals surface area contributed by atoms with Gasteiger partial charge in [-0.15, -0.1) is 0 Å². The van der Waals surface area contributed by atoms with Crippen LogP contribution >= 0.6 is 11.6 Å². The van der Waals surface area contributed by atoms with E-state index in [0.29, 0.717) is 10.6 Å². The molecule has 0 aliphatic heterocycles. The Balaban J connectivity index is 3.29. The molecule has 0 aliphatic carbocycles. The van der Waals surface area contributed by atoms with Gasteiger partial charge in [-0.05, 0) is 24.6 Å². The van der Waals surface area contributed by atoms with Crippen LogP contribution in [0.15, 0.2) is 12.1 Å². The molecule has 15 heavy (non-hydrogen) atoms. The summed E-state index contributed by atoms with van der Waals surface area (Å²) in [5, 5.41) is 0.571. The van der Waals surface area contributed by atoms with Gasteiger partial charge in [0.15, 0.2) is 0 Å². The topological polar surface area (TPSA) is 29.5 Å². The van der Waals surface area contributed by atoms with Crippen molar-refractivity contribution in [1.29, 1.82) is 0 Å². The van der Waals surface area contributed by atoms with Gasteiger partial charge >= 0.3 is 5.97 Å². The Hall–Kier alpha value is -1.22. The van der Waals surface area contributed by atoms with Crippen molar-refractivity contribution in [3.63, 3.8) is 0 Å². The summed E-state index contributed by atoms with van der Waals surface area (Å²) in [5.74, 6) is -0.375. The number of anilines is 1. The number of esters is 1. The first-order valence-electron chi connectivity index (χ1n) is 4.53. The van der Waals surface area contributed by atoms with Crippen LogP contribution in [0.2, 0.25) is 5.02 Å². The second-order valence-corrected chi connectivity index (χ2v) is 3.90. The van der Waals surface area contributed by atoms with Crippen LogP contribution < -0.4 is 4.90 Å². The first-order chi connectivity index (χ1) is 6.97. The molecule has 0 unspecified atom stereocenters. The highest BCUT2D eigenvalue weighted by Crippen LogP contribution is 2.27. The highest BCUT2D eigenvalue weighted by molar-refractivity contribution is 6.32.